The van der Waals surface area contributed by atoms with Gasteiger partial charge in [-0.3, -0.25) is 9.79 Å². The van der Waals surface area contributed by atoms with Crippen LogP contribution in [0.5, 0.6) is 0 Å². The topological polar surface area (TPSA) is 53.5 Å². The summed E-state index contributed by atoms with van der Waals surface area (Å²) in [4.78, 5) is 15.2. The molecule has 1 fully saturated rings. The van der Waals surface area contributed by atoms with E-state index in [2.05, 4.69) is 22.5 Å². The van der Waals surface area contributed by atoms with Crippen molar-refractivity contribution in [3.05, 3.63) is 0 Å². The summed E-state index contributed by atoms with van der Waals surface area (Å²) in [6.45, 7) is 2.72. The van der Waals surface area contributed by atoms with Gasteiger partial charge in [-0.1, -0.05) is 11.8 Å². The average molecular weight is 215 g/mol. The van der Waals surface area contributed by atoms with E-state index in [1.165, 1.54) is 6.42 Å². The second-order valence-electron chi connectivity index (χ2n) is 3.29. The van der Waals surface area contributed by atoms with Gasteiger partial charge in [0.1, 0.15) is 0 Å². The predicted molar refractivity (Wildman–Crippen MR) is 60.7 cm³/mol. The Morgan fingerprint density at radius 2 is 2.57 bits per heavy atom. The molecule has 0 radical (unpaired) electrons. The minimum absolute atomic E-state index is 0.0446. The van der Waals surface area contributed by atoms with Gasteiger partial charge in [-0.25, -0.2) is 0 Å². The lowest BCUT2D eigenvalue weighted by atomic mass is 10.3. The third kappa shape index (κ3) is 4.00. The molecule has 0 saturated carbocycles. The van der Waals surface area contributed by atoms with E-state index in [1.807, 2.05) is 0 Å². The second kappa shape index (κ2) is 5.90. The molecule has 80 valence electrons. The number of carbonyl (C=O) groups is 1. The van der Waals surface area contributed by atoms with Crippen molar-refractivity contribution in [2.24, 2.45) is 4.99 Å². The first-order valence-corrected chi connectivity index (χ1v) is 5.85. The normalized spacial score (nSPS) is 24.4. The molecule has 1 heterocycles. The molecule has 1 amide bonds. The standard InChI is InChI=1S/C9H17N3OS/c1-7-4-6-14-9(12-7)11-5-3-8(13)10-2/h7H,3-6H2,1-2H3,(H,10,13)(H,11,12). The van der Waals surface area contributed by atoms with Crippen LogP contribution in [0.3, 0.4) is 0 Å². The summed E-state index contributed by atoms with van der Waals surface area (Å²) in [5, 5.41) is 6.84. The lowest BCUT2D eigenvalue weighted by molar-refractivity contribution is -0.120. The lowest BCUT2D eigenvalue weighted by Crippen LogP contribution is -2.35. The fourth-order valence-corrected chi connectivity index (χ4v) is 2.26. The van der Waals surface area contributed by atoms with Gasteiger partial charge in [0.2, 0.25) is 5.91 Å². The van der Waals surface area contributed by atoms with Crippen molar-refractivity contribution in [2.75, 3.05) is 19.3 Å². The molecule has 0 aromatic heterocycles. The summed E-state index contributed by atoms with van der Waals surface area (Å²) < 4.78 is 0. The van der Waals surface area contributed by atoms with Gasteiger partial charge in [-0.05, 0) is 13.3 Å². The van der Waals surface area contributed by atoms with Gasteiger partial charge in [0.25, 0.3) is 0 Å². The molecule has 1 rings (SSSR count). The van der Waals surface area contributed by atoms with Crippen LogP contribution >= 0.6 is 11.8 Å². The zero-order valence-electron chi connectivity index (χ0n) is 8.67. The van der Waals surface area contributed by atoms with E-state index >= 15 is 0 Å². The molecule has 0 spiro atoms. The van der Waals surface area contributed by atoms with Crippen LogP contribution in [0.25, 0.3) is 0 Å². The summed E-state index contributed by atoms with van der Waals surface area (Å²) in [5.74, 6) is 1.16. The molecule has 1 atom stereocenters. The van der Waals surface area contributed by atoms with Crippen molar-refractivity contribution in [2.45, 2.75) is 25.8 Å². The first-order chi connectivity index (χ1) is 6.72. The highest BCUT2D eigenvalue weighted by molar-refractivity contribution is 8.13. The van der Waals surface area contributed by atoms with E-state index in [1.54, 1.807) is 18.8 Å². The molecule has 0 aromatic rings. The van der Waals surface area contributed by atoms with E-state index in [4.69, 9.17) is 0 Å². The molecule has 0 aliphatic carbocycles. The highest BCUT2D eigenvalue weighted by Crippen LogP contribution is 2.13. The Morgan fingerprint density at radius 1 is 1.79 bits per heavy atom. The van der Waals surface area contributed by atoms with Crippen molar-refractivity contribution in [3.8, 4) is 0 Å². The zero-order chi connectivity index (χ0) is 10.4. The fraction of sp³-hybridized carbons (Fsp3) is 0.778. The molecular weight excluding hydrogens is 198 g/mol. The van der Waals surface area contributed by atoms with Gasteiger partial charge in [-0.15, -0.1) is 0 Å². The van der Waals surface area contributed by atoms with Crippen molar-refractivity contribution < 1.29 is 4.79 Å². The molecule has 4 nitrogen and oxygen atoms in total. The van der Waals surface area contributed by atoms with Gasteiger partial charge < -0.3 is 10.6 Å². The Kier molecular flexibility index (Phi) is 4.79. The summed E-state index contributed by atoms with van der Waals surface area (Å²) in [6, 6.07) is 0.509. The van der Waals surface area contributed by atoms with Gasteiger partial charge in [-0.2, -0.15) is 0 Å². The number of thioether (sulfide) groups is 1. The van der Waals surface area contributed by atoms with Crippen molar-refractivity contribution in [3.63, 3.8) is 0 Å². The highest BCUT2D eigenvalue weighted by atomic mass is 32.2. The van der Waals surface area contributed by atoms with Crippen LogP contribution < -0.4 is 10.6 Å². The second-order valence-corrected chi connectivity index (χ2v) is 4.38. The third-order valence-corrected chi connectivity index (χ3v) is 2.99. The Morgan fingerprint density at radius 3 is 3.21 bits per heavy atom. The number of rotatable bonds is 3. The van der Waals surface area contributed by atoms with Gasteiger partial charge >= 0.3 is 0 Å². The average Bonchev–Trinajstić information content (AvgIpc) is 2.17. The summed E-state index contributed by atoms with van der Waals surface area (Å²) in [6.07, 6.45) is 1.65. The molecule has 1 aliphatic rings. The largest absolute Gasteiger partial charge is 0.362 e. The molecule has 14 heavy (non-hydrogen) atoms. The first-order valence-electron chi connectivity index (χ1n) is 4.86. The summed E-state index contributed by atoms with van der Waals surface area (Å²) in [7, 11) is 1.64. The number of carbonyl (C=O) groups excluding carboxylic acids is 1. The molecular formula is C9H17N3OS. The number of nitrogens with one attached hydrogen (secondary N) is 2. The smallest absolute Gasteiger partial charge is 0.221 e. The minimum Gasteiger partial charge on any atom is -0.362 e. The maximum Gasteiger partial charge on any atom is 0.221 e. The third-order valence-electron chi connectivity index (χ3n) is 2.03. The number of nitrogens with zero attached hydrogens (tertiary/aromatic N) is 1. The van der Waals surface area contributed by atoms with E-state index in [0.717, 1.165) is 10.9 Å². The van der Waals surface area contributed by atoms with Crippen LogP contribution in [0.15, 0.2) is 4.99 Å². The predicted octanol–water partition coefficient (Wildman–Crippen LogP) is 0.593. The number of amides is 1. The van der Waals surface area contributed by atoms with E-state index < -0.39 is 0 Å². The maximum absolute atomic E-state index is 10.9. The lowest BCUT2D eigenvalue weighted by Gasteiger charge is -2.21. The van der Waals surface area contributed by atoms with E-state index in [-0.39, 0.29) is 5.91 Å². The number of hydrogen-bond donors (Lipinski definition) is 2. The minimum atomic E-state index is 0.0446. The molecule has 0 bridgehead atoms. The van der Waals surface area contributed by atoms with Crippen LogP contribution in [0.2, 0.25) is 0 Å². The summed E-state index contributed by atoms with van der Waals surface area (Å²) >= 11 is 1.73. The van der Waals surface area contributed by atoms with E-state index in [9.17, 15) is 4.79 Å². The SMILES string of the molecule is CNC(=O)CCN=C1NC(C)CCS1. The molecule has 1 aliphatic heterocycles. The number of aliphatic imine (C=N–C) groups is 1. The number of hydrogen-bond acceptors (Lipinski definition) is 3. The van der Waals surface area contributed by atoms with Gasteiger partial charge in [0.15, 0.2) is 5.17 Å². The molecule has 5 heteroatoms. The quantitative estimate of drug-likeness (QED) is 0.724. The molecule has 1 saturated heterocycles. The maximum atomic E-state index is 10.9. The Labute approximate surface area is 88.9 Å². The monoisotopic (exact) mass is 215 g/mol. The van der Waals surface area contributed by atoms with Crippen molar-refractivity contribution in [1.29, 1.82) is 0 Å². The highest BCUT2D eigenvalue weighted by Gasteiger charge is 2.12. The zero-order valence-corrected chi connectivity index (χ0v) is 9.49. The Bertz CT molecular complexity index is 230. The molecule has 2 N–H and O–H groups in total. The Hall–Kier alpha value is -0.710. The van der Waals surface area contributed by atoms with Gasteiger partial charge in [0, 0.05) is 25.3 Å². The van der Waals surface area contributed by atoms with Crippen LogP contribution in [0.1, 0.15) is 19.8 Å². The van der Waals surface area contributed by atoms with Crippen LogP contribution in [-0.2, 0) is 4.79 Å². The molecule has 1 unspecified atom stereocenters. The molecule has 0 aromatic carbocycles. The van der Waals surface area contributed by atoms with Gasteiger partial charge in [0.05, 0.1) is 6.54 Å². The summed E-state index contributed by atoms with van der Waals surface area (Å²) in [5.41, 5.74) is 0. The first kappa shape index (κ1) is 11.4. The Balaban J connectivity index is 2.26. The van der Waals surface area contributed by atoms with Crippen LogP contribution in [-0.4, -0.2) is 36.5 Å². The van der Waals surface area contributed by atoms with Crippen molar-refractivity contribution >= 4 is 22.8 Å². The number of amidine groups is 1. The van der Waals surface area contributed by atoms with E-state index in [0.29, 0.717) is 19.0 Å². The van der Waals surface area contributed by atoms with Crippen molar-refractivity contribution in [1.82, 2.24) is 10.6 Å². The van der Waals surface area contributed by atoms with Crippen LogP contribution in [0, 0.1) is 0 Å². The fourth-order valence-electron chi connectivity index (χ4n) is 1.13. The van der Waals surface area contributed by atoms with Crippen LogP contribution in [0.4, 0.5) is 0 Å².